The van der Waals surface area contributed by atoms with Crippen molar-refractivity contribution in [2.45, 2.75) is 6.42 Å². The van der Waals surface area contributed by atoms with Gasteiger partial charge in [0.25, 0.3) is 0 Å². The summed E-state index contributed by atoms with van der Waals surface area (Å²) in [5.41, 5.74) is 1.04. The third kappa shape index (κ3) is 5.11. The van der Waals surface area contributed by atoms with Crippen molar-refractivity contribution in [2.75, 3.05) is 32.2 Å². The minimum atomic E-state index is -0.450. The van der Waals surface area contributed by atoms with Crippen LogP contribution in [0.1, 0.15) is 16.8 Å². The first kappa shape index (κ1) is 17.0. The second-order valence-corrected chi connectivity index (χ2v) is 4.81. The van der Waals surface area contributed by atoms with Crippen LogP contribution in [0, 0.1) is 0 Å². The Morgan fingerprint density at radius 3 is 2.48 bits per heavy atom. The number of ether oxygens (including phenoxy) is 2. The van der Waals surface area contributed by atoms with Crippen LogP contribution in [0.3, 0.4) is 0 Å². The first-order chi connectivity index (χ1) is 9.99. The normalized spacial score (nSPS) is 9.86. The third-order valence-corrected chi connectivity index (χ3v) is 2.95. The molecule has 5 nitrogen and oxygen atoms in total. The van der Waals surface area contributed by atoms with Gasteiger partial charge in [0.15, 0.2) is 0 Å². The molecule has 0 aromatic heterocycles. The van der Waals surface area contributed by atoms with Crippen LogP contribution in [-0.4, -0.2) is 39.2 Å². The fourth-order valence-electron chi connectivity index (χ4n) is 1.85. The van der Waals surface area contributed by atoms with Crippen molar-refractivity contribution in [1.82, 2.24) is 0 Å². The van der Waals surface area contributed by atoms with E-state index in [2.05, 4.69) is 11.3 Å². The Hall–Kier alpha value is -2.01. The predicted octanol–water partition coefficient (Wildman–Crippen LogP) is 2.60. The lowest BCUT2D eigenvalue weighted by Gasteiger charge is -2.25. The SMILES string of the molecule is C=C(Cl)CN(CCC(=O)OC)c1ccccc1C(=O)OC. The quantitative estimate of drug-likeness (QED) is 0.724. The van der Waals surface area contributed by atoms with Crippen molar-refractivity contribution in [3.8, 4) is 0 Å². The van der Waals surface area contributed by atoms with Gasteiger partial charge >= 0.3 is 11.9 Å². The molecule has 1 rings (SSSR count). The largest absolute Gasteiger partial charge is 0.469 e. The molecule has 0 spiro atoms. The molecule has 0 aliphatic carbocycles. The van der Waals surface area contributed by atoms with Crippen molar-refractivity contribution in [3.05, 3.63) is 41.4 Å². The number of methoxy groups -OCH3 is 2. The average Bonchev–Trinajstić information content (AvgIpc) is 2.49. The van der Waals surface area contributed by atoms with Gasteiger partial charge < -0.3 is 14.4 Å². The smallest absolute Gasteiger partial charge is 0.339 e. The molecule has 114 valence electrons. The van der Waals surface area contributed by atoms with Crippen LogP contribution < -0.4 is 4.90 Å². The summed E-state index contributed by atoms with van der Waals surface area (Å²) in [7, 11) is 2.65. The molecule has 0 unspecified atom stereocenters. The molecule has 0 saturated carbocycles. The Kier molecular flexibility index (Phi) is 6.75. The van der Waals surface area contributed by atoms with Crippen molar-refractivity contribution in [1.29, 1.82) is 0 Å². The molecule has 1 aromatic rings. The van der Waals surface area contributed by atoms with E-state index in [-0.39, 0.29) is 12.4 Å². The van der Waals surface area contributed by atoms with Crippen LogP contribution in [0.5, 0.6) is 0 Å². The van der Waals surface area contributed by atoms with Gasteiger partial charge in [-0.05, 0) is 12.1 Å². The van der Waals surface area contributed by atoms with Gasteiger partial charge in [-0.15, -0.1) is 0 Å². The Morgan fingerprint density at radius 2 is 1.90 bits per heavy atom. The van der Waals surface area contributed by atoms with Crippen molar-refractivity contribution < 1.29 is 19.1 Å². The maximum absolute atomic E-state index is 11.8. The Bertz CT molecular complexity index is 530. The van der Waals surface area contributed by atoms with Gasteiger partial charge in [0.1, 0.15) is 0 Å². The lowest BCUT2D eigenvalue weighted by atomic mass is 10.1. The molecule has 0 N–H and O–H groups in total. The van der Waals surface area contributed by atoms with Gasteiger partial charge in [-0.25, -0.2) is 4.79 Å². The van der Waals surface area contributed by atoms with Gasteiger partial charge in [-0.3, -0.25) is 4.79 Å². The Balaban J connectivity index is 3.04. The molecule has 0 saturated heterocycles. The number of nitrogens with zero attached hydrogens (tertiary/aromatic N) is 1. The van der Waals surface area contributed by atoms with Crippen molar-refractivity contribution in [3.63, 3.8) is 0 Å². The highest BCUT2D eigenvalue weighted by Gasteiger charge is 2.18. The lowest BCUT2D eigenvalue weighted by Crippen LogP contribution is -2.29. The molecule has 0 aliphatic heterocycles. The van der Waals surface area contributed by atoms with E-state index in [1.165, 1.54) is 14.2 Å². The van der Waals surface area contributed by atoms with E-state index in [0.717, 1.165) is 0 Å². The highest BCUT2D eigenvalue weighted by atomic mass is 35.5. The zero-order chi connectivity index (χ0) is 15.8. The molecule has 0 aliphatic rings. The number of para-hydroxylation sites is 1. The second kappa shape index (κ2) is 8.32. The van der Waals surface area contributed by atoms with E-state index in [0.29, 0.717) is 29.4 Å². The van der Waals surface area contributed by atoms with Crippen LogP contribution in [0.15, 0.2) is 35.9 Å². The molecule has 21 heavy (non-hydrogen) atoms. The summed E-state index contributed by atoms with van der Waals surface area (Å²) in [5.74, 6) is -0.787. The molecule has 0 radical (unpaired) electrons. The molecule has 0 heterocycles. The second-order valence-electron chi connectivity index (χ2n) is 4.27. The van der Waals surface area contributed by atoms with Crippen LogP contribution in [0.2, 0.25) is 0 Å². The number of rotatable bonds is 7. The molecular formula is C15H18ClNO4. The zero-order valence-electron chi connectivity index (χ0n) is 12.1. The number of hydrogen-bond donors (Lipinski definition) is 0. The fraction of sp³-hybridized carbons (Fsp3) is 0.333. The summed E-state index contributed by atoms with van der Waals surface area (Å²) in [6.07, 6.45) is 0.177. The Labute approximate surface area is 129 Å². The molecule has 0 amide bonds. The summed E-state index contributed by atoms with van der Waals surface area (Å²) in [5, 5.41) is 0.402. The van der Waals surface area contributed by atoms with E-state index in [4.69, 9.17) is 16.3 Å². The zero-order valence-corrected chi connectivity index (χ0v) is 12.9. The Morgan fingerprint density at radius 1 is 1.24 bits per heavy atom. The van der Waals surface area contributed by atoms with Crippen molar-refractivity contribution >= 4 is 29.2 Å². The van der Waals surface area contributed by atoms with Crippen LogP contribution >= 0.6 is 11.6 Å². The fourth-order valence-corrected chi connectivity index (χ4v) is 2.00. The summed E-state index contributed by atoms with van der Waals surface area (Å²) < 4.78 is 9.39. The van der Waals surface area contributed by atoms with Gasteiger partial charge in [0.05, 0.1) is 38.4 Å². The lowest BCUT2D eigenvalue weighted by molar-refractivity contribution is -0.140. The average molecular weight is 312 g/mol. The van der Waals surface area contributed by atoms with Crippen LogP contribution in [-0.2, 0) is 14.3 Å². The molecular weight excluding hydrogens is 294 g/mol. The minimum Gasteiger partial charge on any atom is -0.469 e. The number of hydrogen-bond acceptors (Lipinski definition) is 5. The van der Waals surface area contributed by atoms with Crippen molar-refractivity contribution in [2.24, 2.45) is 0 Å². The highest BCUT2D eigenvalue weighted by molar-refractivity contribution is 6.29. The number of esters is 2. The van der Waals surface area contributed by atoms with E-state index < -0.39 is 5.97 Å². The van der Waals surface area contributed by atoms with Crippen LogP contribution in [0.25, 0.3) is 0 Å². The van der Waals surface area contributed by atoms with Gasteiger partial charge in [0.2, 0.25) is 0 Å². The molecule has 1 aromatic carbocycles. The monoisotopic (exact) mass is 311 g/mol. The molecule has 0 bridgehead atoms. The van der Waals surface area contributed by atoms with Gasteiger partial charge in [-0.2, -0.15) is 0 Å². The number of carbonyl (C=O) groups excluding carboxylic acids is 2. The molecule has 6 heteroatoms. The number of carbonyl (C=O) groups is 2. The topological polar surface area (TPSA) is 55.8 Å². The van der Waals surface area contributed by atoms with Crippen LogP contribution in [0.4, 0.5) is 5.69 Å². The third-order valence-electron chi connectivity index (χ3n) is 2.83. The maximum Gasteiger partial charge on any atom is 0.339 e. The summed E-state index contributed by atoms with van der Waals surface area (Å²) in [6, 6.07) is 6.96. The molecule has 0 atom stereocenters. The summed E-state index contributed by atoms with van der Waals surface area (Å²) >= 11 is 5.87. The predicted molar refractivity (Wildman–Crippen MR) is 81.6 cm³/mol. The first-order valence-electron chi connectivity index (χ1n) is 6.32. The number of halogens is 1. The number of benzene rings is 1. The molecule has 0 fully saturated rings. The van der Waals surface area contributed by atoms with Gasteiger partial charge in [0, 0.05) is 11.6 Å². The van der Waals surface area contributed by atoms with E-state index in [1.54, 1.807) is 29.2 Å². The number of anilines is 1. The highest BCUT2D eigenvalue weighted by Crippen LogP contribution is 2.23. The first-order valence-corrected chi connectivity index (χ1v) is 6.69. The van der Waals surface area contributed by atoms with Gasteiger partial charge in [-0.1, -0.05) is 30.3 Å². The standard InChI is InChI=1S/C15H18ClNO4/c1-11(16)10-17(9-8-14(18)20-2)13-7-5-4-6-12(13)15(19)21-3/h4-7H,1,8-10H2,2-3H3. The summed E-state index contributed by atoms with van der Waals surface area (Å²) in [4.78, 5) is 24.9. The van der Waals surface area contributed by atoms with E-state index >= 15 is 0 Å². The van der Waals surface area contributed by atoms with E-state index in [1.807, 2.05) is 0 Å². The van der Waals surface area contributed by atoms with E-state index in [9.17, 15) is 9.59 Å². The summed E-state index contributed by atoms with van der Waals surface area (Å²) in [6.45, 7) is 4.32. The maximum atomic E-state index is 11.8. The minimum absolute atomic E-state index is 0.177.